The van der Waals surface area contributed by atoms with Crippen LogP contribution in [-0.4, -0.2) is 43.6 Å². The number of fused-ring (bicyclic) bond motifs is 2. The minimum absolute atomic E-state index is 0.141. The van der Waals surface area contributed by atoms with Crippen LogP contribution in [0.15, 0.2) is 36.7 Å². The van der Waals surface area contributed by atoms with Crippen molar-refractivity contribution < 1.29 is 9.18 Å². The molecule has 2 N–H and O–H groups in total. The Morgan fingerprint density at radius 2 is 1.97 bits per heavy atom. The second kappa shape index (κ2) is 9.27. The van der Waals surface area contributed by atoms with Gasteiger partial charge in [0, 0.05) is 53.6 Å². The number of nitrogens with zero attached hydrogens (tertiary/aromatic N) is 4. The zero-order chi connectivity index (χ0) is 25.7. The van der Waals surface area contributed by atoms with Crippen LogP contribution in [0, 0.1) is 12.7 Å². The number of aryl methyl sites for hydroxylation is 3. The summed E-state index contributed by atoms with van der Waals surface area (Å²) >= 11 is 0. The lowest BCUT2D eigenvalue weighted by Gasteiger charge is -2.18. The van der Waals surface area contributed by atoms with Crippen LogP contribution in [0.5, 0.6) is 0 Å². The van der Waals surface area contributed by atoms with Crippen molar-refractivity contribution >= 4 is 22.4 Å². The molecule has 0 aliphatic carbocycles. The van der Waals surface area contributed by atoms with Crippen LogP contribution in [-0.2, 0) is 26.1 Å². The van der Waals surface area contributed by atoms with E-state index in [4.69, 9.17) is 0 Å². The number of halogens is 1. The van der Waals surface area contributed by atoms with Gasteiger partial charge in [-0.05, 0) is 68.1 Å². The number of nitrogens with one attached hydrogen (secondary N) is 2. The van der Waals surface area contributed by atoms with Gasteiger partial charge in [-0.15, -0.1) is 0 Å². The Bertz CT molecular complexity index is 1560. The van der Waals surface area contributed by atoms with Crippen molar-refractivity contribution in [3.63, 3.8) is 0 Å². The first-order valence-corrected chi connectivity index (χ1v) is 13.0. The van der Waals surface area contributed by atoms with E-state index in [1.165, 1.54) is 0 Å². The first-order chi connectivity index (χ1) is 18.0. The van der Waals surface area contributed by atoms with Gasteiger partial charge < -0.3 is 15.2 Å². The highest BCUT2D eigenvalue weighted by Gasteiger charge is 2.29. The van der Waals surface area contributed by atoms with Gasteiger partial charge in [0.2, 0.25) is 0 Å². The molecule has 0 bridgehead atoms. The molecule has 7 nitrogen and oxygen atoms in total. The fourth-order valence-corrected chi connectivity index (χ4v) is 5.63. The third kappa shape index (κ3) is 3.96. The second-order valence-electron chi connectivity index (χ2n) is 9.88. The maximum atomic E-state index is 16.1. The molecule has 37 heavy (non-hydrogen) atoms. The van der Waals surface area contributed by atoms with Crippen LogP contribution in [0.3, 0.4) is 0 Å². The molecule has 0 atom stereocenters. The summed E-state index contributed by atoms with van der Waals surface area (Å²) < 4.78 is 18.0. The zero-order valence-electron chi connectivity index (χ0n) is 21.5. The maximum Gasteiger partial charge on any atom is 0.270 e. The topological polar surface area (TPSA) is 78.8 Å². The monoisotopic (exact) mass is 498 g/mol. The number of carbonyl (C=O) groups is 1. The predicted molar refractivity (Wildman–Crippen MR) is 143 cm³/mol. The predicted octanol–water partition coefficient (Wildman–Crippen LogP) is 4.99. The molecule has 6 rings (SSSR count). The summed E-state index contributed by atoms with van der Waals surface area (Å²) in [6, 6.07) is 5.83. The van der Waals surface area contributed by atoms with E-state index < -0.39 is 0 Å². The van der Waals surface area contributed by atoms with Crippen LogP contribution >= 0.6 is 0 Å². The second-order valence-corrected chi connectivity index (χ2v) is 9.88. The van der Waals surface area contributed by atoms with Crippen LogP contribution in [0.4, 0.5) is 4.39 Å². The molecule has 2 aliphatic heterocycles. The first kappa shape index (κ1) is 23.6. The molecule has 1 aromatic carbocycles. The molecule has 8 heteroatoms. The van der Waals surface area contributed by atoms with Crippen LogP contribution in [0.25, 0.3) is 27.6 Å². The summed E-state index contributed by atoms with van der Waals surface area (Å²) in [5, 5.41) is 8.44. The largest absolute Gasteiger partial charge is 0.348 e. The zero-order valence-corrected chi connectivity index (χ0v) is 21.5. The van der Waals surface area contributed by atoms with Crippen LogP contribution in [0.1, 0.15) is 58.8 Å². The summed E-state index contributed by atoms with van der Waals surface area (Å²) in [6.45, 7) is 9.39. The number of hydrogen-bond donors (Lipinski definition) is 2. The van der Waals surface area contributed by atoms with Gasteiger partial charge >= 0.3 is 0 Å². The number of carbonyl (C=O) groups excluding carboxylic acids is 1. The molecule has 2 aliphatic rings. The van der Waals surface area contributed by atoms with Gasteiger partial charge in [0.05, 0.1) is 24.0 Å². The van der Waals surface area contributed by atoms with Crippen molar-refractivity contribution in [2.75, 3.05) is 13.1 Å². The number of amides is 1. The number of H-pyrrole nitrogens is 1. The smallest absolute Gasteiger partial charge is 0.270 e. The van der Waals surface area contributed by atoms with E-state index in [9.17, 15) is 4.79 Å². The fourth-order valence-electron chi connectivity index (χ4n) is 5.63. The fraction of sp³-hybridized carbons (Fsp3) is 0.345. The minimum Gasteiger partial charge on any atom is -0.348 e. The Morgan fingerprint density at radius 1 is 1.11 bits per heavy atom. The van der Waals surface area contributed by atoms with Crippen LogP contribution < -0.4 is 5.32 Å². The Hall–Kier alpha value is -3.78. The minimum atomic E-state index is -0.322. The van der Waals surface area contributed by atoms with Gasteiger partial charge in [-0.3, -0.25) is 14.5 Å². The average Bonchev–Trinajstić information content (AvgIpc) is 3.64. The Balaban J connectivity index is 1.49. The van der Waals surface area contributed by atoms with E-state index in [0.717, 1.165) is 65.1 Å². The molecular weight excluding hydrogens is 467 g/mol. The van der Waals surface area contributed by atoms with E-state index in [-0.39, 0.29) is 11.7 Å². The number of aromatic nitrogens is 4. The number of hydrogen-bond acceptors (Lipinski definition) is 4. The van der Waals surface area contributed by atoms with Gasteiger partial charge in [0.15, 0.2) is 5.82 Å². The normalized spacial score (nSPS) is 15.4. The third-order valence-electron chi connectivity index (χ3n) is 7.58. The number of benzene rings is 1. The third-order valence-corrected chi connectivity index (χ3v) is 7.58. The molecule has 0 fully saturated rings. The highest BCUT2D eigenvalue weighted by Crippen LogP contribution is 2.38. The van der Waals surface area contributed by atoms with Gasteiger partial charge in [0.1, 0.15) is 5.69 Å². The van der Waals surface area contributed by atoms with E-state index >= 15 is 4.39 Å². The van der Waals surface area contributed by atoms with E-state index in [2.05, 4.69) is 39.4 Å². The molecule has 0 saturated heterocycles. The van der Waals surface area contributed by atoms with Crippen molar-refractivity contribution in [3.8, 4) is 11.1 Å². The SMILES string of the molecule is CCc1cc(C)ncc1-c1cc(C2=CCCNC2)c(F)c2[nH]c(C(=O)N3Cc4cnn(CC)c4C3)cc12. The summed E-state index contributed by atoms with van der Waals surface area (Å²) in [5.74, 6) is -0.463. The Morgan fingerprint density at radius 3 is 2.73 bits per heavy atom. The summed E-state index contributed by atoms with van der Waals surface area (Å²) in [6.07, 6.45) is 7.50. The molecule has 1 amide bonds. The Kier molecular flexibility index (Phi) is 5.91. The van der Waals surface area contributed by atoms with Gasteiger partial charge in [-0.25, -0.2) is 4.39 Å². The van der Waals surface area contributed by atoms with Gasteiger partial charge in [0.25, 0.3) is 5.91 Å². The molecular formula is C29H31FN6O. The van der Waals surface area contributed by atoms with Crippen molar-refractivity contribution in [2.24, 2.45) is 0 Å². The Labute approximate surface area is 215 Å². The maximum absolute atomic E-state index is 16.1. The summed E-state index contributed by atoms with van der Waals surface area (Å²) in [7, 11) is 0. The number of pyridine rings is 1. The van der Waals surface area contributed by atoms with Crippen molar-refractivity contribution in [1.82, 2.24) is 30.0 Å². The van der Waals surface area contributed by atoms with Gasteiger partial charge in [-0.1, -0.05) is 13.0 Å². The molecule has 5 heterocycles. The number of rotatable bonds is 5. The quantitative estimate of drug-likeness (QED) is 0.406. The van der Waals surface area contributed by atoms with E-state index in [1.54, 1.807) is 4.90 Å². The molecule has 190 valence electrons. The van der Waals surface area contributed by atoms with Crippen LogP contribution in [0.2, 0.25) is 0 Å². The lowest BCUT2D eigenvalue weighted by molar-refractivity contribution is 0.0743. The molecule has 0 unspecified atom stereocenters. The molecule has 0 saturated carbocycles. The summed E-state index contributed by atoms with van der Waals surface area (Å²) in [4.78, 5) is 23.1. The van der Waals surface area contributed by atoms with E-state index in [1.807, 2.05) is 43.1 Å². The van der Waals surface area contributed by atoms with Crippen molar-refractivity contribution in [2.45, 2.75) is 53.2 Å². The molecule has 3 aromatic heterocycles. The average molecular weight is 499 g/mol. The molecule has 4 aromatic rings. The van der Waals surface area contributed by atoms with Crippen molar-refractivity contribution in [3.05, 3.63) is 76.3 Å². The van der Waals surface area contributed by atoms with Crippen molar-refractivity contribution in [1.29, 1.82) is 0 Å². The number of aromatic amines is 1. The molecule has 0 spiro atoms. The lowest BCUT2D eigenvalue weighted by atomic mass is 9.91. The lowest BCUT2D eigenvalue weighted by Crippen LogP contribution is -2.26. The molecule has 0 radical (unpaired) electrons. The van der Waals surface area contributed by atoms with E-state index in [0.29, 0.717) is 41.8 Å². The highest BCUT2D eigenvalue weighted by atomic mass is 19.1. The highest BCUT2D eigenvalue weighted by molar-refractivity contribution is 6.05. The first-order valence-electron chi connectivity index (χ1n) is 13.0. The standard InChI is InChI=1S/C29H31FN6O/c1-4-18-9-17(3)32-14-24(18)22-10-21(19-7-6-8-31-12-19)27(30)28-23(22)11-25(34-28)29(37)35-15-20-13-33-36(5-2)26(20)16-35/h7,9-11,13-14,31,34H,4-6,8,12,15-16H2,1-3H3. The van der Waals surface area contributed by atoms with Gasteiger partial charge in [-0.2, -0.15) is 5.10 Å². The summed E-state index contributed by atoms with van der Waals surface area (Å²) in [5.41, 5.74) is 8.34.